The van der Waals surface area contributed by atoms with Gasteiger partial charge in [-0.2, -0.15) is 0 Å². The first-order valence-corrected chi connectivity index (χ1v) is 7.30. The number of benzene rings is 1. The van der Waals surface area contributed by atoms with Crippen molar-refractivity contribution in [2.24, 2.45) is 5.92 Å². The second kappa shape index (κ2) is 6.92. The minimum absolute atomic E-state index is 0.0465. The van der Waals surface area contributed by atoms with Crippen LogP contribution >= 0.6 is 0 Å². The third kappa shape index (κ3) is 4.51. The molecule has 0 bridgehead atoms. The lowest BCUT2D eigenvalue weighted by molar-refractivity contribution is 0.108. The zero-order chi connectivity index (χ0) is 13.7. The Kier molecular flexibility index (Phi) is 5.23. The molecule has 0 spiro atoms. The molecule has 0 saturated heterocycles. The highest BCUT2D eigenvalue weighted by molar-refractivity contribution is 5.45. The van der Waals surface area contributed by atoms with Crippen molar-refractivity contribution in [3.8, 4) is 0 Å². The maximum Gasteiger partial charge on any atom is 0.0540 e. The van der Waals surface area contributed by atoms with Crippen molar-refractivity contribution in [3.63, 3.8) is 0 Å². The van der Waals surface area contributed by atoms with Crippen LogP contribution in [0, 0.1) is 5.92 Å². The Balaban J connectivity index is 1.70. The van der Waals surface area contributed by atoms with E-state index in [0.717, 1.165) is 44.7 Å². The molecular formula is C16H26N2O. The molecule has 3 heteroatoms. The fourth-order valence-electron chi connectivity index (χ4n) is 2.68. The Morgan fingerprint density at radius 3 is 2.32 bits per heavy atom. The third-order valence-corrected chi connectivity index (χ3v) is 4.03. The van der Waals surface area contributed by atoms with E-state index in [1.54, 1.807) is 0 Å². The summed E-state index contributed by atoms with van der Waals surface area (Å²) in [5.41, 5.74) is 2.58. The largest absolute Gasteiger partial charge is 0.393 e. The minimum atomic E-state index is -0.0465. The minimum Gasteiger partial charge on any atom is -0.393 e. The SMILES string of the molecule is CN(C)c1ccc(CNCC2CCC(O)CC2)cc1. The Morgan fingerprint density at radius 2 is 1.74 bits per heavy atom. The number of hydrogen-bond donors (Lipinski definition) is 2. The Labute approximate surface area is 116 Å². The van der Waals surface area contributed by atoms with Crippen LogP contribution in [0.3, 0.4) is 0 Å². The number of aliphatic hydroxyl groups excluding tert-OH is 1. The molecule has 1 saturated carbocycles. The molecule has 0 aliphatic heterocycles. The van der Waals surface area contributed by atoms with Gasteiger partial charge in [0, 0.05) is 26.3 Å². The van der Waals surface area contributed by atoms with Crippen molar-refractivity contribution in [1.29, 1.82) is 0 Å². The Bertz CT molecular complexity index is 367. The zero-order valence-corrected chi connectivity index (χ0v) is 12.1. The lowest BCUT2D eigenvalue weighted by atomic mass is 9.87. The van der Waals surface area contributed by atoms with Crippen molar-refractivity contribution in [2.45, 2.75) is 38.3 Å². The number of aliphatic hydroxyl groups is 1. The van der Waals surface area contributed by atoms with Crippen LogP contribution in [0.4, 0.5) is 5.69 Å². The van der Waals surface area contributed by atoms with Gasteiger partial charge in [0.15, 0.2) is 0 Å². The standard InChI is InChI=1S/C16H26N2O/c1-18(2)15-7-3-13(4-8-15)11-17-12-14-5-9-16(19)10-6-14/h3-4,7-8,14,16-17,19H,5-6,9-12H2,1-2H3. The average molecular weight is 262 g/mol. The summed E-state index contributed by atoms with van der Waals surface area (Å²) in [6.07, 6.45) is 4.23. The molecule has 0 heterocycles. The molecule has 106 valence electrons. The van der Waals surface area contributed by atoms with Crippen molar-refractivity contribution in [1.82, 2.24) is 5.32 Å². The van der Waals surface area contributed by atoms with Crippen LogP contribution in [-0.2, 0) is 6.54 Å². The van der Waals surface area contributed by atoms with Gasteiger partial charge in [-0.05, 0) is 55.8 Å². The molecule has 0 atom stereocenters. The first-order valence-electron chi connectivity index (χ1n) is 7.30. The molecule has 2 rings (SSSR count). The van der Waals surface area contributed by atoms with Crippen molar-refractivity contribution < 1.29 is 5.11 Å². The fourth-order valence-corrected chi connectivity index (χ4v) is 2.68. The van der Waals surface area contributed by atoms with E-state index in [0.29, 0.717) is 0 Å². The van der Waals surface area contributed by atoms with E-state index in [4.69, 9.17) is 0 Å². The van der Waals surface area contributed by atoms with Gasteiger partial charge in [-0.15, -0.1) is 0 Å². The summed E-state index contributed by atoms with van der Waals surface area (Å²) in [6, 6.07) is 8.70. The fraction of sp³-hybridized carbons (Fsp3) is 0.625. The van der Waals surface area contributed by atoms with Crippen LogP contribution in [0.5, 0.6) is 0 Å². The lowest BCUT2D eigenvalue weighted by Crippen LogP contribution is -2.27. The van der Waals surface area contributed by atoms with Crippen molar-refractivity contribution in [3.05, 3.63) is 29.8 Å². The summed E-state index contributed by atoms with van der Waals surface area (Å²) in [6.45, 7) is 2.01. The molecule has 2 N–H and O–H groups in total. The second-order valence-electron chi connectivity index (χ2n) is 5.87. The van der Waals surface area contributed by atoms with Crippen molar-refractivity contribution in [2.75, 3.05) is 25.5 Å². The van der Waals surface area contributed by atoms with Crippen LogP contribution in [0.2, 0.25) is 0 Å². The first-order chi connectivity index (χ1) is 9.15. The molecule has 19 heavy (non-hydrogen) atoms. The second-order valence-corrected chi connectivity index (χ2v) is 5.87. The highest BCUT2D eigenvalue weighted by Gasteiger charge is 2.18. The number of nitrogens with zero attached hydrogens (tertiary/aromatic N) is 1. The van der Waals surface area contributed by atoms with Crippen LogP contribution in [-0.4, -0.2) is 31.9 Å². The van der Waals surface area contributed by atoms with E-state index in [2.05, 4.69) is 48.6 Å². The van der Waals surface area contributed by atoms with Gasteiger partial charge in [0.25, 0.3) is 0 Å². The van der Waals surface area contributed by atoms with Crippen LogP contribution in [0.15, 0.2) is 24.3 Å². The smallest absolute Gasteiger partial charge is 0.0540 e. The summed E-state index contributed by atoms with van der Waals surface area (Å²) in [7, 11) is 4.12. The molecule has 1 aromatic rings. The maximum atomic E-state index is 9.48. The van der Waals surface area contributed by atoms with Gasteiger partial charge >= 0.3 is 0 Å². The molecular weight excluding hydrogens is 236 g/mol. The van der Waals surface area contributed by atoms with Gasteiger partial charge in [0.05, 0.1) is 6.10 Å². The van der Waals surface area contributed by atoms with Gasteiger partial charge in [-0.1, -0.05) is 12.1 Å². The summed E-state index contributed by atoms with van der Waals surface area (Å²) >= 11 is 0. The monoisotopic (exact) mass is 262 g/mol. The van der Waals surface area contributed by atoms with Crippen LogP contribution < -0.4 is 10.2 Å². The lowest BCUT2D eigenvalue weighted by Gasteiger charge is -2.25. The molecule has 1 aromatic carbocycles. The first kappa shape index (κ1) is 14.4. The van der Waals surface area contributed by atoms with E-state index >= 15 is 0 Å². The average Bonchev–Trinajstić information content (AvgIpc) is 2.41. The number of nitrogens with one attached hydrogen (secondary N) is 1. The predicted octanol–water partition coefficient (Wildman–Crippen LogP) is 2.39. The third-order valence-electron chi connectivity index (χ3n) is 4.03. The van der Waals surface area contributed by atoms with Crippen LogP contribution in [0.1, 0.15) is 31.2 Å². The summed E-state index contributed by atoms with van der Waals surface area (Å²) in [5, 5.41) is 13.0. The van der Waals surface area contributed by atoms with Gasteiger partial charge in [-0.25, -0.2) is 0 Å². The summed E-state index contributed by atoms with van der Waals surface area (Å²) in [4.78, 5) is 2.12. The molecule has 3 nitrogen and oxygen atoms in total. The maximum absolute atomic E-state index is 9.48. The van der Waals surface area contributed by atoms with Gasteiger partial charge in [0.2, 0.25) is 0 Å². The molecule has 1 aliphatic rings. The highest BCUT2D eigenvalue weighted by atomic mass is 16.3. The molecule has 0 amide bonds. The summed E-state index contributed by atoms with van der Waals surface area (Å²) < 4.78 is 0. The molecule has 1 fully saturated rings. The molecule has 1 aliphatic carbocycles. The van der Waals surface area contributed by atoms with E-state index in [1.807, 2.05) is 0 Å². The van der Waals surface area contributed by atoms with Gasteiger partial charge < -0.3 is 15.3 Å². The number of rotatable bonds is 5. The highest BCUT2D eigenvalue weighted by Crippen LogP contribution is 2.23. The quantitative estimate of drug-likeness (QED) is 0.855. The topological polar surface area (TPSA) is 35.5 Å². The molecule has 0 aromatic heterocycles. The summed E-state index contributed by atoms with van der Waals surface area (Å²) in [5.74, 6) is 0.740. The van der Waals surface area contributed by atoms with E-state index in [-0.39, 0.29) is 6.10 Å². The Hall–Kier alpha value is -1.06. The number of hydrogen-bond acceptors (Lipinski definition) is 3. The van der Waals surface area contributed by atoms with E-state index < -0.39 is 0 Å². The molecule has 0 radical (unpaired) electrons. The Morgan fingerprint density at radius 1 is 1.11 bits per heavy atom. The van der Waals surface area contributed by atoms with E-state index in [9.17, 15) is 5.11 Å². The number of anilines is 1. The van der Waals surface area contributed by atoms with Gasteiger partial charge in [-0.3, -0.25) is 0 Å². The molecule has 0 unspecified atom stereocenters. The van der Waals surface area contributed by atoms with E-state index in [1.165, 1.54) is 11.3 Å². The zero-order valence-electron chi connectivity index (χ0n) is 12.1. The van der Waals surface area contributed by atoms with Crippen LogP contribution in [0.25, 0.3) is 0 Å². The van der Waals surface area contributed by atoms with Crippen molar-refractivity contribution >= 4 is 5.69 Å². The predicted molar refractivity (Wildman–Crippen MR) is 80.4 cm³/mol. The normalized spacial score (nSPS) is 23.3. The van der Waals surface area contributed by atoms with Gasteiger partial charge in [0.1, 0.15) is 0 Å².